The molecule has 0 aliphatic rings. The fourth-order valence-corrected chi connectivity index (χ4v) is 1.98. The minimum Gasteiger partial charge on any atom is -0.482 e. The highest BCUT2D eigenvalue weighted by Crippen LogP contribution is 2.27. The highest BCUT2D eigenvalue weighted by atomic mass is 19.1. The van der Waals surface area contributed by atoms with Crippen molar-refractivity contribution in [3.8, 4) is 5.75 Å². The molecular weight excluding hydrogens is 286 g/mol. The van der Waals surface area contributed by atoms with Gasteiger partial charge in [-0.15, -0.1) is 0 Å². The van der Waals surface area contributed by atoms with E-state index < -0.39 is 17.9 Å². The van der Waals surface area contributed by atoms with Crippen molar-refractivity contribution in [2.24, 2.45) is 0 Å². The predicted octanol–water partition coefficient (Wildman–Crippen LogP) is 1.52. The van der Waals surface area contributed by atoms with Crippen LogP contribution in [0.5, 0.6) is 5.75 Å². The molecular formula is C15H14BFN2O3. The monoisotopic (exact) mass is 300 g/mol. The molecule has 1 atom stereocenters. The van der Waals surface area contributed by atoms with Crippen molar-refractivity contribution < 1.29 is 18.7 Å². The number of rotatable bonds is 4. The second kappa shape index (κ2) is 6.47. The maximum Gasteiger partial charge on any atom is 0.338 e. The first-order valence-electron chi connectivity index (χ1n) is 6.47. The van der Waals surface area contributed by atoms with E-state index in [1.807, 2.05) is 0 Å². The first-order chi connectivity index (χ1) is 10.4. The quantitative estimate of drug-likeness (QED) is 0.684. The molecule has 2 radical (unpaired) electrons. The molecule has 0 amide bonds. The summed E-state index contributed by atoms with van der Waals surface area (Å²) in [4.78, 5) is 15.6. The molecule has 7 heteroatoms. The van der Waals surface area contributed by atoms with E-state index >= 15 is 0 Å². The smallest absolute Gasteiger partial charge is 0.338 e. The van der Waals surface area contributed by atoms with Gasteiger partial charge in [0.25, 0.3) is 0 Å². The Kier molecular flexibility index (Phi) is 4.65. The summed E-state index contributed by atoms with van der Waals surface area (Å²) >= 11 is 0. The number of carbonyl (C=O) groups excluding carboxylic acids is 1. The van der Waals surface area contributed by atoms with Crippen molar-refractivity contribution in [3.05, 3.63) is 47.4 Å². The number of nitrogens with zero attached hydrogens (tertiary/aromatic N) is 1. The number of halogens is 1. The molecule has 2 aromatic rings. The number of pyridine rings is 1. The van der Waals surface area contributed by atoms with Gasteiger partial charge in [-0.1, -0.05) is 5.46 Å². The number of aromatic nitrogens is 1. The van der Waals surface area contributed by atoms with Crippen molar-refractivity contribution in [2.75, 3.05) is 12.8 Å². The number of nitrogen functional groups attached to an aromatic ring is 1. The Labute approximate surface area is 128 Å². The number of hydrogen-bond donors (Lipinski definition) is 1. The lowest BCUT2D eigenvalue weighted by Gasteiger charge is -2.18. The van der Waals surface area contributed by atoms with E-state index in [1.165, 1.54) is 37.6 Å². The van der Waals surface area contributed by atoms with E-state index in [0.29, 0.717) is 11.0 Å². The lowest BCUT2D eigenvalue weighted by molar-refractivity contribution is 0.0595. The topological polar surface area (TPSA) is 74.4 Å². The molecule has 0 aliphatic heterocycles. The Morgan fingerprint density at radius 3 is 2.82 bits per heavy atom. The van der Waals surface area contributed by atoms with E-state index in [-0.39, 0.29) is 17.1 Å². The molecule has 0 fully saturated rings. The van der Waals surface area contributed by atoms with E-state index in [0.717, 1.165) is 0 Å². The Morgan fingerprint density at radius 2 is 2.14 bits per heavy atom. The number of esters is 1. The molecule has 0 bridgehead atoms. The zero-order valence-corrected chi connectivity index (χ0v) is 12.2. The van der Waals surface area contributed by atoms with Crippen LogP contribution >= 0.6 is 0 Å². The third-order valence-corrected chi connectivity index (χ3v) is 3.06. The molecule has 0 spiro atoms. The first kappa shape index (κ1) is 15.8. The van der Waals surface area contributed by atoms with E-state index in [2.05, 4.69) is 9.72 Å². The molecule has 0 saturated heterocycles. The van der Waals surface area contributed by atoms with Crippen LogP contribution < -0.4 is 15.9 Å². The maximum atomic E-state index is 13.5. The van der Waals surface area contributed by atoms with Gasteiger partial charge in [0.1, 0.15) is 19.8 Å². The fraction of sp³-hybridized carbons (Fsp3) is 0.200. The number of ether oxygens (including phenoxy) is 2. The molecule has 0 saturated carbocycles. The van der Waals surface area contributed by atoms with Gasteiger partial charge in [-0.3, -0.25) is 0 Å². The summed E-state index contributed by atoms with van der Waals surface area (Å²) in [7, 11) is 6.88. The number of hydrogen-bond acceptors (Lipinski definition) is 5. The molecule has 0 unspecified atom stereocenters. The van der Waals surface area contributed by atoms with Crippen molar-refractivity contribution in [1.29, 1.82) is 0 Å². The summed E-state index contributed by atoms with van der Waals surface area (Å²) in [5.41, 5.74) is 6.65. The Balaban J connectivity index is 2.36. The van der Waals surface area contributed by atoms with Crippen LogP contribution in [0.2, 0.25) is 0 Å². The van der Waals surface area contributed by atoms with Gasteiger partial charge >= 0.3 is 5.97 Å². The Hall–Kier alpha value is -2.57. The number of nitrogens with two attached hydrogens (primary N) is 1. The Morgan fingerprint density at radius 1 is 1.41 bits per heavy atom. The van der Waals surface area contributed by atoms with Crippen LogP contribution in [0.25, 0.3) is 0 Å². The number of carbonyl (C=O) groups is 1. The fourth-order valence-electron chi connectivity index (χ4n) is 1.98. The zero-order valence-electron chi connectivity index (χ0n) is 12.2. The van der Waals surface area contributed by atoms with E-state index in [9.17, 15) is 9.18 Å². The van der Waals surface area contributed by atoms with Crippen molar-refractivity contribution in [3.63, 3.8) is 0 Å². The van der Waals surface area contributed by atoms with Gasteiger partial charge in [0.15, 0.2) is 11.6 Å². The van der Waals surface area contributed by atoms with Crippen molar-refractivity contribution in [1.82, 2.24) is 4.98 Å². The Bertz CT molecular complexity index is 709. The highest BCUT2D eigenvalue weighted by Gasteiger charge is 2.19. The van der Waals surface area contributed by atoms with Gasteiger partial charge in [-0.05, 0) is 31.2 Å². The van der Waals surface area contributed by atoms with Gasteiger partial charge in [0.05, 0.1) is 12.7 Å². The SMILES string of the molecule is [B]c1cnc(N)c(O[C@H](C)c2cc(F)ccc2C(=O)OC)c1. The standard InChI is InChI=1S/C15H14BFN2O3/c1-8(22-13-5-9(16)7-19-14(13)18)12-6-10(17)3-4-11(12)15(20)21-2/h3-8H,1-2H3,(H2,18,19)/t8-/m1/s1. The lowest BCUT2D eigenvalue weighted by Crippen LogP contribution is -2.14. The second-order valence-corrected chi connectivity index (χ2v) is 4.64. The van der Waals surface area contributed by atoms with Crippen LogP contribution in [0.3, 0.4) is 0 Å². The first-order valence-corrected chi connectivity index (χ1v) is 6.47. The van der Waals surface area contributed by atoms with Gasteiger partial charge in [-0.25, -0.2) is 14.2 Å². The summed E-state index contributed by atoms with van der Waals surface area (Å²) in [6.45, 7) is 1.66. The highest BCUT2D eigenvalue weighted by molar-refractivity contribution is 6.32. The number of benzene rings is 1. The molecule has 2 N–H and O–H groups in total. The third-order valence-electron chi connectivity index (χ3n) is 3.06. The van der Waals surface area contributed by atoms with Crippen molar-refractivity contribution >= 4 is 25.1 Å². The van der Waals surface area contributed by atoms with Crippen LogP contribution in [0.1, 0.15) is 28.9 Å². The summed E-state index contributed by atoms with van der Waals surface area (Å²) in [5.74, 6) is -0.662. The third kappa shape index (κ3) is 3.36. The summed E-state index contributed by atoms with van der Waals surface area (Å²) in [6.07, 6.45) is 0.741. The van der Waals surface area contributed by atoms with Gasteiger partial charge in [-0.2, -0.15) is 0 Å². The van der Waals surface area contributed by atoms with Crippen LogP contribution in [0, 0.1) is 5.82 Å². The largest absolute Gasteiger partial charge is 0.482 e. The maximum absolute atomic E-state index is 13.5. The molecule has 1 aromatic heterocycles. The summed E-state index contributed by atoms with van der Waals surface area (Å²) < 4.78 is 23.8. The van der Waals surface area contributed by atoms with E-state index in [4.69, 9.17) is 18.3 Å². The average Bonchev–Trinajstić information content (AvgIpc) is 2.50. The minimum atomic E-state index is -0.657. The van der Waals surface area contributed by atoms with Crippen LogP contribution in [-0.4, -0.2) is 25.9 Å². The van der Waals surface area contributed by atoms with Crippen LogP contribution in [-0.2, 0) is 4.74 Å². The molecule has 112 valence electrons. The normalized spacial score (nSPS) is 11.8. The minimum absolute atomic E-state index is 0.150. The molecule has 2 rings (SSSR count). The molecule has 1 aromatic carbocycles. The van der Waals surface area contributed by atoms with E-state index in [1.54, 1.807) is 6.92 Å². The van der Waals surface area contributed by atoms with Crippen LogP contribution in [0.4, 0.5) is 10.2 Å². The van der Waals surface area contributed by atoms with Crippen LogP contribution in [0.15, 0.2) is 30.5 Å². The zero-order chi connectivity index (χ0) is 16.3. The van der Waals surface area contributed by atoms with Gasteiger partial charge in [0.2, 0.25) is 0 Å². The van der Waals surface area contributed by atoms with Crippen molar-refractivity contribution in [2.45, 2.75) is 13.0 Å². The molecule has 5 nitrogen and oxygen atoms in total. The molecule has 22 heavy (non-hydrogen) atoms. The molecule has 1 heterocycles. The predicted molar refractivity (Wildman–Crippen MR) is 80.8 cm³/mol. The second-order valence-electron chi connectivity index (χ2n) is 4.64. The lowest BCUT2D eigenvalue weighted by atomic mass is 9.98. The van der Waals surface area contributed by atoms with Gasteiger partial charge < -0.3 is 15.2 Å². The molecule has 0 aliphatic carbocycles. The average molecular weight is 300 g/mol. The summed E-state index contributed by atoms with van der Waals surface area (Å²) in [6, 6.07) is 5.25. The number of methoxy groups -OCH3 is 1. The summed E-state index contributed by atoms with van der Waals surface area (Å²) in [5, 5.41) is 0. The van der Waals surface area contributed by atoms with Gasteiger partial charge in [0, 0.05) is 11.8 Å². The number of anilines is 1.